The van der Waals surface area contributed by atoms with Crippen LogP contribution in [0.2, 0.25) is 0 Å². The van der Waals surface area contributed by atoms with Crippen molar-refractivity contribution in [3.8, 4) is 0 Å². The van der Waals surface area contributed by atoms with Gasteiger partial charge in [-0.25, -0.2) is 0 Å². The fraction of sp³-hybridized carbons (Fsp3) is 0.471. The maximum absolute atomic E-state index is 13.1. The van der Waals surface area contributed by atoms with Gasteiger partial charge >= 0.3 is 0 Å². The van der Waals surface area contributed by atoms with Gasteiger partial charge in [-0.05, 0) is 38.4 Å². The van der Waals surface area contributed by atoms with Crippen LogP contribution in [-0.2, 0) is 6.54 Å². The summed E-state index contributed by atoms with van der Waals surface area (Å²) in [6, 6.07) is 8.29. The Morgan fingerprint density at radius 2 is 2.00 bits per heavy atom. The molecule has 20 heavy (non-hydrogen) atoms. The number of aromatic amines is 1. The topological polar surface area (TPSA) is 36.1 Å². The smallest absolute Gasteiger partial charge is 0.185 e. The SMILES string of the molecule is CCC12CCN(CC1)Cc1c([nH]c3ccccc13)C2=O. The third-order valence-electron chi connectivity index (χ3n) is 5.39. The van der Waals surface area contributed by atoms with Crippen LogP contribution in [0, 0.1) is 5.41 Å². The molecule has 2 aromatic rings. The molecule has 104 valence electrons. The number of nitrogens with one attached hydrogen (secondary N) is 1. The number of fused-ring (bicyclic) bond motifs is 3. The van der Waals surface area contributed by atoms with Gasteiger partial charge in [0, 0.05) is 28.4 Å². The molecule has 1 aromatic carbocycles. The van der Waals surface area contributed by atoms with E-state index in [-0.39, 0.29) is 5.41 Å². The van der Waals surface area contributed by atoms with Crippen molar-refractivity contribution in [2.75, 3.05) is 13.1 Å². The van der Waals surface area contributed by atoms with Crippen LogP contribution in [0.15, 0.2) is 24.3 Å². The number of carbonyl (C=O) groups is 1. The Balaban J connectivity index is 1.97. The Morgan fingerprint density at radius 3 is 2.75 bits per heavy atom. The third kappa shape index (κ3) is 1.53. The van der Waals surface area contributed by atoms with E-state index < -0.39 is 0 Å². The summed E-state index contributed by atoms with van der Waals surface area (Å²) < 4.78 is 0. The van der Waals surface area contributed by atoms with Crippen LogP contribution >= 0.6 is 0 Å². The predicted molar refractivity (Wildman–Crippen MR) is 79.9 cm³/mol. The number of H-pyrrole nitrogens is 1. The molecule has 3 aliphatic heterocycles. The minimum absolute atomic E-state index is 0.132. The minimum atomic E-state index is -0.132. The predicted octanol–water partition coefficient (Wildman–Crippen LogP) is 3.36. The summed E-state index contributed by atoms with van der Waals surface area (Å²) in [4.78, 5) is 19.0. The molecular formula is C17H20N2O. The van der Waals surface area contributed by atoms with E-state index in [9.17, 15) is 4.79 Å². The van der Waals surface area contributed by atoms with Crippen molar-refractivity contribution in [2.45, 2.75) is 32.7 Å². The number of aromatic nitrogens is 1. The van der Waals surface area contributed by atoms with E-state index >= 15 is 0 Å². The second kappa shape index (κ2) is 4.19. The average molecular weight is 268 g/mol. The van der Waals surface area contributed by atoms with Crippen LogP contribution in [-0.4, -0.2) is 28.8 Å². The zero-order chi connectivity index (χ0) is 13.7. The van der Waals surface area contributed by atoms with Gasteiger partial charge in [-0.3, -0.25) is 9.69 Å². The lowest BCUT2D eigenvalue weighted by Crippen LogP contribution is -2.46. The molecule has 5 rings (SSSR count). The first-order chi connectivity index (χ1) is 9.73. The second-order valence-electron chi connectivity index (χ2n) is 6.26. The number of Topliss-reactive ketones (excluding diaryl/α,β-unsaturated/α-hetero) is 1. The summed E-state index contributed by atoms with van der Waals surface area (Å²) in [5, 5.41) is 1.22. The number of benzene rings is 1. The molecule has 1 fully saturated rings. The summed E-state index contributed by atoms with van der Waals surface area (Å²) in [5.41, 5.74) is 3.05. The highest BCUT2D eigenvalue weighted by atomic mass is 16.1. The zero-order valence-electron chi connectivity index (χ0n) is 11.9. The van der Waals surface area contributed by atoms with Crippen LogP contribution in [0.5, 0.6) is 0 Å². The van der Waals surface area contributed by atoms with Crippen molar-refractivity contribution >= 4 is 16.7 Å². The van der Waals surface area contributed by atoms with Gasteiger partial charge in [0.25, 0.3) is 0 Å². The van der Waals surface area contributed by atoms with E-state index in [2.05, 4.69) is 35.0 Å². The largest absolute Gasteiger partial charge is 0.352 e. The van der Waals surface area contributed by atoms with Crippen LogP contribution in [0.4, 0.5) is 0 Å². The van der Waals surface area contributed by atoms with Gasteiger partial charge in [0.2, 0.25) is 0 Å². The maximum atomic E-state index is 13.1. The molecule has 0 atom stereocenters. The molecule has 3 aliphatic rings. The fourth-order valence-corrected chi connectivity index (χ4v) is 3.93. The summed E-state index contributed by atoms with van der Waals surface area (Å²) in [6.45, 7) is 5.18. The highest BCUT2D eigenvalue weighted by Gasteiger charge is 2.43. The molecule has 0 radical (unpaired) electrons. The van der Waals surface area contributed by atoms with Crippen molar-refractivity contribution in [3.05, 3.63) is 35.5 Å². The number of carbonyl (C=O) groups excluding carboxylic acids is 1. The number of ketones is 1. The zero-order valence-corrected chi connectivity index (χ0v) is 11.9. The summed E-state index contributed by atoms with van der Waals surface area (Å²) in [6.07, 6.45) is 2.97. The lowest BCUT2D eigenvalue weighted by Gasteiger charge is -2.42. The Kier molecular flexibility index (Phi) is 2.55. The molecule has 0 amide bonds. The van der Waals surface area contributed by atoms with Gasteiger partial charge in [0.15, 0.2) is 5.78 Å². The van der Waals surface area contributed by atoms with Gasteiger partial charge in [-0.1, -0.05) is 25.1 Å². The van der Waals surface area contributed by atoms with Gasteiger partial charge < -0.3 is 4.98 Å². The van der Waals surface area contributed by atoms with Crippen molar-refractivity contribution in [3.63, 3.8) is 0 Å². The Morgan fingerprint density at radius 1 is 1.25 bits per heavy atom. The first-order valence-corrected chi connectivity index (χ1v) is 7.60. The molecule has 4 heterocycles. The van der Waals surface area contributed by atoms with Gasteiger partial charge in [-0.15, -0.1) is 0 Å². The summed E-state index contributed by atoms with van der Waals surface area (Å²) >= 11 is 0. The number of nitrogens with zero attached hydrogens (tertiary/aromatic N) is 1. The fourth-order valence-electron chi connectivity index (χ4n) is 3.93. The number of rotatable bonds is 1. The van der Waals surface area contributed by atoms with Crippen LogP contribution in [0.25, 0.3) is 10.9 Å². The summed E-state index contributed by atoms with van der Waals surface area (Å²) in [5.74, 6) is 0.352. The molecule has 0 aliphatic carbocycles. The average Bonchev–Trinajstić information content (AvgIpc) is 2.84. The van der Waals surface area contributed by atoms with Crippen molar-refractivity contribution in [2.24, 2.45) is 5.41 Å². The standard InChI is InChI=1S/C17H20N2O/c1-2-17-7-9-19(10-8-17)11-13-12-5-3-4-6-14(12)18-15(13)16(17)20/h3-6,18H,2,7-11H2,1H3. The molecule has 3 heteroatoms. The Labute approximate surface area is 119 Å². The van der Waals surface area contributed by atoms with Crippen LogP contribution in [0.1, 0.15) is 42.2 Å². The maximum Gasteiger partial charge on any atom is 0.185 e. The van der Waals surface area contributed by atoms with Gasteiger partial charge in [0.05, 0.1) is 5.69 Å². The molecule has 1 N–H and O–H groups in total. The van der Waals surface area contributed by atoms with Crippen molar-refractivity contribution < 1.29 is 4.79 Å². The molecule has 2 bridgehead atoms. The van der Waals surface area contributed by atoms with Crippen LogP contribution in [0.3, 0.4) is 0 Å². The first-order valence-electron chi connectivity index (χ1n) is 7.60. The molecule has 0 unspecified atom stereocenters. The van der Waals surface area contributed by atoms with Crippen molar-refractivity contribution in [1.82, 2.24) is 9.88 Å². The van der Waals surface area contributed by atoms with E-state index in [0.717, 1.165) is 50.1 Å². The molecule has 1 saturated heterocycles. The van der Waals surface area contributed by atoms with Gasteiger partial charge in [-0.2, -0.15) is 0 Å². The Bertz CT molecular complexity index is 677. The first kappa shape index (κ1) is 12.2. The van der Waals surface area contributed by atoms with E-state index in [1.807, 2.05) is 6.07 Å². The highest BCUT2D eigenvalue weighted by molar-refractivity contribution is 6.05. The molecule has 0 spiro atoms. The van der Waals surface area contributed by atoms with E-state index in [1.54, 1.807) is 0 Å². The van der Waals surface area contributed by atoms with E-state index in [1.165, 1.54) is 10.9 Å². The quantitative estimate of drug-likeness (QED) is 0.861. The normalized spacial score (nSPS) is 29.2. The van der Waals surface area contributed by atoms with Crippen LogP contribution < -0.4 is 0 Å². The second-order valence-corrected chi connectivity index (χ2v) is 6.26. The number of piperidine rings is 1. The lowest BCUT2D eigenvalue weighted by atomic mass is 9.70. The van der Waals surface area contributed by atoms with Crippen molar-refractivity contribution in [1.29, 1.82) is 0 Å². The molecule has 0 saturated carbocycles. The third-order valence-corrected chi connectivity index (χ3v) is 5.39. The monoisotopic (exact) mass is 268 g/mol. The Hall–Kier alpha value is -1.61. The lowest BCUT2D eigenvalue weighted by molar-refractivity contribution is 0.0526. The van der Waals surface area contributed by atoms with E-state index in [0.29, 0.717) is 5.78 Å². The number of hydrogen-bond donors (Lipinski definition) is 1. The summed E-state index contributed by atoms with van der Waals surface area (Å²) in [7, 11) is 0. The number of hydrogen-bond acceptors (Lipinski definition) is 2. The van der Waals surface area contributed by atoms with E-state index in [4.69, 9.17) is 0 Å². The highest BCUT2D eigenvalue weighted by Crippen LogP contribution is 2.42. The minimum Gasteiger partial charge on any atom is -0.352 e. The molecular weight excluding hydrogens is 248 g/mol. The van der Waals surface area contributed by atoms with Gasteiger partial charge in [0.1, 0.15) is 0 Å². The molecule has 1 aromatic heterocycles. The number of para-hydroxylation sites is 1. The molecule has 3 nitrogen and oxygen atoms in total.